The molecular formula is C12H18ClNOS. The second kappa shape index (κ2) is 6.92. The van der Waals surface area contributed by atoms with Crippen LogP contribution in [0.2, 0.25) is 0 Å². The van der Waals surface area contributed by atoms with Crippen molar-refractivity contribution in [1.29, 1.82) is 0 Å². The Morgan fingerprint density at radius 1 is 1.56 bits per heavy atom. The highest BCUT2D eigenvalue weighted by Gasteiger charge is 2.07. The SMILES string of the molecule is CCc1ccc(C(=O)NCCCC(C)Cl)s1. The average Bonchev–Trinajstić information content (AvgIpc) is 2.72. The summed E-state index contributed by atoms with van der Waals surface area (Å²) in [7, 11) is 0. The van der Waals surface area contributed by atoms with Gasteiger partial charge in [0.15, 0.2) is 0 Å². The summed E-state index contributed by atoms with van der Waals surface area (Å²) in [6.07, 6.45) is 2.86. The predicted octanol–water partition coefficient (Wildman–Crippen LogP) is 3.45. The van der Waals surface area contributed by atoms with Gasteiger partial charge in [-0.25, -0.2) is 0 Å². The van der Waals surface area contributed by atoms with Gasteiger partial charge in [0.2, 0.25) is 0 Å². The number of amides is 1. The van der Waals surface area contributed by atoms with Gasteiger partial charge in [-0.3, -0.25) is 4.79 Å². The molecular weight excluding hydrogens is 242 g/mol. The molecule has 16 heavy (non-hydrogen) atoms. The molecule has 1 unspecified atom stereocenters. The van der Waals surface area contributed by atoms with Crippen molar-refractivity contribution in [1.82, 2.24) is 5.32 Å². The van der Waals surface area contributed by atoms with E-state index in [1.54, 1.807) is 11.3 Å². The molecule has 1 aromatic heterocycles. The summed E-state index contributed by atoms with van der Waals surface area (Å²) in [6, 6.07) is 3.91. The Labute approximate surface area is 106 Å². The molecule has 0 radical (unpaired) electrons. The fraction of sp³-hybridized carbons (Fsp3) is 0.583. The highest BCUT2D eigenvalue weighted by Crippen LogP contribution is 2.16. The third-order valence-corrected chi connectivity index (χ3v) is 3.74. The van der Waals surface area contributed by atoms with E-state index >= 15 is 0 Å². The zero-order valence-electron chi connectivity index (χ0n) is 9.75. The van der Waals surface area contributed by atoms with E-state index in [0.717, 1.165) is 24.1 Å². The molecule has 0 aliphatic carbocycles. The highest BCUT2D eigenvalue weighted by molar-refractivity contribution is 7.14. The fourth-order valence-corrected chi connectivity index (χ4v) is 2.38. The van der Waals surface area contributed by atoms with Crippen LogP contribution < -0.4 is 5.32 Å². The van der Waals surface area contributed by atoms with E-state index in [-0.39, 0.29) is 11.3 Å². The van der Waals surface area contributed by atoms with E-state index < -0.39 is 0 Å². The fourth-order valence-electron chi connectivity index (χ4n) is 1.36. The standard InChI is InChI=1S/C12H18ClNOS/c1-3-10-6-7-11(16-10)12(15)14-8-4-5-9(2)13/h6-7,9H,3-5,8H2,1-2H3,(H,14,15). The van der Waals surface area contributed by atoms with Crippen LogP contribution in [0.1, 0.15) is 41.2 Å². The van der Waals surface area contributed by atoms with Crippen LogP contribution in [-0.4, -0.2) is 17.8 Å². The predicted molar refractivity (Wildman–Crippen MR) is 70.6 cm³/mol. The van der Waals surface area contributed by atoms with Gasteiger partial charge >= 0.3 is 0 Å². The summed E-state index contributed by atoms with van der Waals surface area (Å²) >= 11 is 7.39. The van der Waals surface area contributed by atoms with Crippen LogP contribution in [-0.2, 0) is 6.42 Å². The van der Waals surface area contributed by atoms with E-state index in [9.17, 15) is 4.79 Å². The van der Waals surface area contributed by atoms with Gasteiger partial charge in [0.25, 0.3) is 5.91 Å². The summed E-state index contributed by atoms with van der Waals surface area (Å²) in [5, 5.41) is 3.09. The maximum absolute atomic E-state index is 11.7. The number of nitrogens with one attached hydrogen (secondary N) is 1. The Morgan fingerprint density at radius 2 is 2.31 bits per heavy atom. The Hall–Kier alpha value is -0.540. The van der Waals surface area contributed by atoms with Crippen molar-refractivity contribution in [3.05, 3.63) is 21.9 Å². The van der Waals surface area contributed by atoms with Gasteiger partial charge in [0, 0.05) is 16.8 Å². The summed E-state index contributed by atoms with van der Waals surface area (Å²) in [6.45, 7) is 4.76. The maximum atomic E-state index is 11.7. The molecule has 1 amide bonds. The van der Waals surface area contributed by atoms with Crippen LogP contribution in [0.3, 0.4) is 0 Å². The number of halogens is 1. The second-order valence-electron chi connectivity index (χ2n) is 3.80. The van der Waals surface area contributed by atoms with E-state index in [1.165, 1.54) is 4.88 Å². The van der Waals surface area contributed by atoms with Gasteiger partial charge in [-0.1, -0.05) is 6.92 Å². The molecule has 0 bridgehead atoms. The Balaban J connectivity index is 2.29. The van der Waals surface area contributed by atoms with Crippen LogP contribution in [0.4, 0.5) is 0 Å². The molecule has 1 heterocycles. The van der Waals surface area contributed by atoms with Crippen molar-refractivity contribution in [3.63, 3.8) is 0 Å². The van der Waals surface area contributed by atoms with Gasteiger partial charge in [0.1, 0.15) is 0 Å². The van der Waals surface area contributed by atoms with Gasteiger partial charge in [-0.2, -0.15) is 0 Å². The molecule has 4 heteroatoms. The molecule has 0 aliphatic rings. The van der Waals surface area contributed by atoms with E-state index in [0.29, 0.717) is 6.54 Å². The maximum Gasteiger partial charge on any atom is 0.261 e. The molecule has 1 rings (SSSR count). The van der Waals surface area contributed by atoms with Gasteiger partial charge in [-0.05, 0) is 38.3 Å². The topological polar surface area (TPSA) is 29.1 Å². The monoisotopic (exact) mass is 259 g/mol. The lowest BCUT2D eigenvalue weighted by atomic mass is 10.2. The highest BCUT2D eigenvalue weighted by atomic mass is 35.5. The minimum atomic E-state index is 0.0342. The van der Waals surface area contributed by atoms with Crippen molar-refractivity contribution in [2.24, 2.45) is 0 Å². The number of rotatable bonds is 6. The van der Waals surface area contributed by atoms with Crippen molar-refractivity contribution in [2.45, 2.75) is 38.5 Å². The number of thiophene rings is 1. The van der Waals surface area contributed by atoms with E-state index in [1.807, 2.05) is 19.1 Å². The van der Waals surface area contributed by atoms with Crippen LogP contribution in [0.25, 0.3) is 0 Å². The molecule has 2 nitrogen and oxygen atoms in total. The number of hydrogen-bond donors (Lipinski definition) is 1. The Morgan fingerprint density at radius 3 is 2.88 bits per heavy atom. The second-order valence-corrected chi connectivity index (χ2v) is 5.71. The van der Waals surface area contributed by atoms with Crippen molar-refractivity contribution in [2.75, 3.05) is 6.54 Å². The smallest absolute Gasteiger partial charge is 0.261 e. The largest absolute Gasteiger partial charge is 0.351 e. The Bertz CT molecular complexity index is 336. The first kappa shape index (κ1) is 13.5. The number of hydrogen-bond acceptors (Lipinski definition) is 2. The lowest BCUT2D eigenvalue weighted by Crippen LogP contribution is -2.23. The molecule has 0 aliphatic heterocycles. The Kier molecular flexibility index (Phi) is 5.85. The molecule has 1 N–H and O–H groups in total. The number of carbonyl (C=O) groups is 1. The molecule has 1 aromatic rings. The first-order chi connectivity index (χ1) is 7.63. The molecule has 0 spiro atoms. The van der Waals surface area contributed by atoms with Gasteiger partial charge in [0.05, 0.1) is 4.88 Å². The normalized spacial score (nSPS) is 12.4. The first-order valence-electron chi connectivity index (χ1n) is 5.64. The van der Waals surface area contributed by atoms with E-state index in [2.05, 4.69) is 12.2 Å². The first-order valence-corrected chi connectivity index (χ1v) is 6.89. The summed E-state index contributed by atoms with van der Waals surface area (Å²) in [5.41, 5.74) is 0. The quantitative estimate of drug-likeness (QED) is 0.615. The average molecular weight is 260 g/mol. The lowest BCUT2D eigenvalue weighted by Gasteiger charge is -2.04. The van der Waals surface area contributed by atoms with Crippen LogP contribution in [0.5, 0.6) is 0 Å². The zero-order chi connectivity index (χ0) is 12.0. The van der Waals surface area contributed by atoms with Gasteiger partial charge in [-0.15, -0.1) is 22.9 Å². The molecule has 0 fully saturated rings. The summed E-state index contributed by atoms with van der Waals surface area (Å²) in [5.74, 6) is 0.0342. The van der Waals surface area contributed by atoms with Gasteiger partial charge < -0.3 is 5.32 Å². The molecule has 0 aromatic carbocycles. The molecule has 0 saturated heterocycles. The van der Waals surface area contributed by atoms with Crippen molar-refractivity contribution in [3.8, 4) is 0 Å². The number of carbonyl (C=O) groups excluding carboxylic acids is 1. The minimum Gasteiger partial charge on any atom is -0.351 e. The van der Waals surface area contributed by atoms with Crippen LogP contribution >= 0.6 is 22.9 Å². The molecule has 0 saturated carbocycles. The molecule has 90 valence electrons. The van der Waals surface area contributed by atoms with Crippen molar-refractivity contribution >= 4 is 28.8 Å². The summed E-state index contributed by atoms with van der Waals surface area (Å²) < 4.78 is 0. The third kappa shape index (κ3) is 4.54. The minimum absolute atomic E-state index is 0.0342. The lowest BCUT2D eigenvalue weighted by molar-refractivity contribution is 0.0957. The molecule has 1 atom stereocenters. The van der Waals surface area contributed by atoms with Crippen LogP contribution in [0.15, 0.2) is 12.1 Å². The van der Waals surface area contributed by atoms with Crippen molar-refractivity contribution < 1.29 is 4.79 Å². The van der Waals surface area contributed by atoms with Crippen LogP contribution in [0, 0.1) is 0 Å². The van der Waals surface area contributed by atoms with E-state index in [4.69, 9.17) is 11.6 Å². The number of aryl methyl sites for hydroxylation is 1. The zero-order valence-corrected chi connectivity index (χ0v) is 11.3. The number of alkyl halides is 1. The summed E-state index contributed by atoms with van der Waals surface area (Å²) in [4.78, 5) is 13.7. The third-order valence-electron chi connectivity index (χ3n) is 2.30.